The number of carbonyl (C=O) groups is 1. The number of hydrogen-bond donors (Lipinski definition) is 1. The number of thioether (sulfide) groups is 2. The molecule has 0 spiro atoms. The van der Waals surface area contributed by atoms with E-state index in [1.165, 1.54) is 40.2 Å². The number of amides is 1. The van der Waals surface area contributed by atoms with Crippen LogP contribution in [0.1, 0.15) is 24.5 Å². The van der Waals surface area contributed by atoms with E-state index in [1.807, 2.05) is 6.92 Å². The smallest absolute Gasteiger partial charge is 0.323 e. The average molecular weight is 495 g/mol. The van der Waals surface area contributed by atoms with Crippen molar-refractivity contribution in [2.24, 2.45) is 5.10 Å². The molecule has 0 aliphatic carbocycles. The van der Waals surface area contributed by atoms with Gasteiger partial charge in [-0.15, -0.1) is 5.75 Å². The van der Waals surface area contributed by atoms with Gasteiger partial charge in [0.2, 0.25) is 4.34 Å². The van der Waals surface area contributed by atoms with Gasteiger partial charge in [0.05, 0.1) is 11.5 Å². The quantitative estimate of drug-likeness (QED) is 0.210. The second-order valence-corrected chi connectivity index (χ2v) is 10.5. The van der Waals surface area contributed by atoms with Crippen molar-refractivity contribution in [3.8, 4) is 5.75 Å². The fraction of sp³-hybridized carbons (Fsp3) is 0.167. The van der Waals surface area contributed by atoms with Gasteiger partial charge in [0.25, 0.3) is 5.91 Å². The van der Waals surface area contributed by atoms with Crippen molar-refractivity contribution in [2.75, 3.05) is 5.75 Å². The summed E-state index contributed by atoms with van der Waals surface area (Å²) in [5, 5.41) is 25.4. The first-order chi connectivity index (χ1) is 16.1. The van der Waals surface area contributed by atoms with Crippen LogP contribution in [-0.2, 0) is 10.5 Å². The maximum atomic E-state index is 12.2. The van der Waals surface area contributed by atoms with E-state index in [1.54, 1.807) is 35.2 Å². The van der Waals surface area contributed by atoms with Gasteiger partial charge in [-0.1, -0.05) is 90.5 Å². The second-order valence-electron chi connectivity index (χ2n) is 7.07. The van der Waals surface area contributed by atoms with Crippen molar-refractivity contribution in [3.63, 3.8) is 0 Å². The highest BCUT2D eigenvalue weighted by atomic mass is 32.2. The average Bonchev–Trinajstić information content (AvgIpc) is 3.30. The predicted octanol–water partition coefficient (Wildman–Crippen LogP) is 4.50. The molecule has 0 aliphatic heterocycles. The summed E-state index contributed by atoms with van der Waals surface area (Å²) in [6, 6.07) is 21.2. The molecule has 1 amide bonds. The van der Waals surface area contributed by atoms with Crippen LogP contribution in [0.15, 0.2) is 80.5 Å². The standard InChI is InChI=1S/C24H22N4O2S3/c1-2-21(17-10-12-19(29)13-11-17)25-26-22(30)15-32-24-28-27-23(33-24)31-14-18-8-5-7-16-6-3-4-9-20(16)18/h3-13,29H,2,14-15H2,1H3,(H,26,30)/b25-21-. The Morgan fingerprint density at radius 3 is 2.70 bits per heavy atom. The molecule has 0 unspecified atom stereocenters. The fourth-order valence-corrected chi connectivity index (χ4v) is 6.07. The Bertz CT molecular complexity index is 1270. The molecule has 3 aromatic carbocycles. The molecule has 4 aromatic rings. The number of hydrazone groups is 1. The van der Waals surface area contributed by atoms with Gasteiger partial charge in [-0.2, -0.15) is 5.10 Å². The van der Waals surface area contributed by atoms with Crippen molar-refractivity contribution < 1.29 is 15.0 Å². The Labute approximate surface area is 204 Å². The molecule has 0 saturated carbocycles. The number of hydrogen-bond acceptors (Lipinski definition) is 7. The monoisotopic (exact) mass is 494 g/mol. The number of H-pyrrole nitrogens is 1. The van der Waals surface area contributed by atoms with E-state index in [0.29, 0.717) is 6.42 Å². The normalized spacial score (nSPS) is 11.6. The molecule has 1 heterocycles. The molecule has 6 nitrogen and oxygen atoms in total. The minimum Gasteiger partial charge on any atom is -0.872 e. The number of fused-ring (bicyclic) bond motifs is 1. The lowest BCUT2D eigenvalue weighted by molar-refractivity contribution is -0.492. The van der Waals surface area contributed by atoms with Gasteiger partial charge in [0.1, 0.15) is 0 Å². The molecule has 0 aliphatic rings. The van der Waals surface area contributed by atoms with E-state index in [9.17, 15) is 9.90 Å². The maximum absolute atomic E-state index is 12.2. The summed E-state index contributed by atoms with van der Waals surface area (Å²) in [6.07, 6.45) is 0.643. The van der Waals surface area contributed by atoms with Crippen LogP contribution < -0.4 is 15.6 Å². The SMILES string of the molecule is CC/C(=N/NC(=O)CSc1n[nH+]c(SCc2cccc3ccccc23)s1)c1ccc([O-])cc1. The largest absolute Gasteiger partial charge is 0.872 e. The summed E-state index contributed by atoms with van der Waals surface area (Å²) < 4.78 is 1.80. The minimum atomic E-state index is -0.202. The molecule has 0 radical (unpaired) electrons. The first kappa shape index (κ1) is 23.3. The number of benzene rings is 3. The first-order valence-electron chi connectivity index (χ1n) is 10.4. The molecular weight excluding hydrogens is 472 g/mol. The van der Waals surface area contributed by atoms with Gasteiger partial charge in [-0.3, -0.25) is 4.79 Å². The van der Waals surface area contributed by atoms with Gasteiger partial charge in [-0.25, -0.2) is 5.43 Å². The van der Waals surface area contributed by atoms with Gasteiger partial charge in [0, 0.05) is 10.9 Å². The van der Waals surface area contributed by atoms with E-state index >= 15 is 0 Å². The van der Waals surface area contributed by atoms with E-state index in [0.717, 1.165) is 25.7 Å². The molecule has 0 bridgehead atoms. The molecule has 33 heavy (non-hydrogen) atoms. The van der Waals surface area contributed by atoms with Crippen molar-refractivity contribution in [1.29, 1.82) is 0 Å². The molecule has 4 rings (SSSR count). The van der Waals surface area contributed by atoms with E-state index in [4.69, 9.17) is 0 Å². The lowest BCUT2D eigenvalue weighted by Crippen LogP contribution is -2.21. The third-order valence-corrected chi connectivity index (χ3v) is 8.13. The predicted molar refractivity (Wildman–Crippen MR) is 134 cm³/mol. The lowest BCUT2D eigenvalue weighted by Gasteiger charge is -2.08. The van der Waals surface area contributed by atoms with Gasteiger partial charge in [-0.05, 0) is 51.4 Å². The van der Waals surface area contributed by atoms with E-state index in [-0.39, 0.29) is 17.4 Å². The number of carbonyl (C=O) groups excluding carboxylic acids is 1. The zero-order chi connectivity index (χ0) is 23.0. The van der Waals surface area contributed by atoms with Crippen LogP contribution in [0.4, 0.5) is 0 Å². The van der Waals surface area contributed by atoms with Crippen LogP contribution in [0.3, 0.4) is 0 Å². The Morgan fingerprint density at radius 2 is 1.88 bits per heavy atom. The zero-order valence-corrected chi connectivity index (χ0v) is 20.4. The number of aromatic amines is 1. The minimum absolute atomic E-state index is 0.0513. The topological polar surface area (TPSA) is 91.6 Å². The Balaban J connectivity index is 1.28. The summed E-state index contributed by atoms with van der Waals surface area (Å²) in [5.74, 6) is 0.803. The third-order valence-electron chi connectivity index (χ3n) is 4.82. The van der Waals surface area contributed by atoms with Crippen LogP contribution in [0.5, 0.6) is 5.75 Å². The lowest BCUT2D eigenvalue weighted by atomic mass is 10.1. The van der Waals surface area contributed by atoms with Gasteiger partial charge >= 0.3 is 4.34 Å². The van der Waals surface area contributed by atoms with Crippen molar-refractivity contribution in [3.05, 3.63) is 77.9 Å². The molecule has 2 N–H and O–H groups in total. The summed E-state index contributed by atoms with van der Waals surface area (Å²) in [6.45, 7) is 1.95. The van der Waals surface area contributed by atoms with Gasteiger partial charge < -0.3 is 5.11 Å². The van der Waals surface area contributed by atoms with Crippen LogP contribution in [0.2, 0.25) is 0 Å². The second kappa shape index (κ2) is 11.3. The van der Waals surface area contributed by atoms with Gasteiger partial charge in [0.15, 0.2) is 0 Å². The summed E-state index contributed by atoms with van der Waals surface area (Å²) in [4.78, 5) is 12.2. The molecule has 0 atom stereocenters. The number of nitrogens with zero attached hydrogens (tertiary/aromatic N) is 2. The highest BCUT2D eigenvalue weighted by molar-refractivity contribution is 8.03. The molecule has 1 aromatic heterocycles. The first-order valence-corrected chi connectivity index (χ1v) is 13.1. The zero-order valence-electron chi connectivity index (χ0n) is 17.9. The fourth-order valence-electron chi connectivity index (χ4n) is 3.19. The van der Waals surface area contributed by atoms with Crippen LogP contribution in [0, 0.1) is 0 Å². The van der Waals surface area contributed by atoms with Crippen LogP contribution in [-0.4, -0.2) is 22.5 Å². The van der Waals surface area contributed by atoms with Crippen molar-refractivity contribution >= 4 is 57.3 Å². The number of aromatic nitrogens is 2. The Morgan fingerprint density at radius 1 is 1.09 bits per heavy atom. The van der Waals surface area contributed by atoms with Crippen molar-refractivity contribution in [2.45, 2.75) is 27.8 Å². The maximum Gasteiger partial charge on any atom is 0.323 e. The summed E-state index contributed by atoms with van der Waals surface area (Å²) in [7, 11) is 0. The van der Waals surface area contributed by atoms with Crippen LogP contribution in [0.25, 0.3) is 10.8 Å². The highest BCUT2D eigenvalue weighted by Crippen LogP contribution is 2.30. The summed E-state index contributed by atoms with van der Waals surface area (Å²) >= 11 is 4.61. The van der Waals surface area contributed by atoms with E-state index in [2.05, 4.69) is 63.2 Å². The molecule has 0 saturated heterocycles. The summed E-state index contributed by atoms with van der Waals surface area (Å²) in [5.41, 5.74) is 5.43. The molecule has 9 heteroatoms. The van der Waals surface area contributed by atoms with Crippen LogP contribution >= 0.6 is 34.9 Å². The molecule has 0 fully saturated rings. The van der Waals surface area contributed by atoms with Crippen molar-refractivity contribution in [1.82, 2.24) is 10.5 Å². The number of rotatable bonds is 9. The number of nitrogens with one attached hydrogen (secondary N) is 2. The Kier molecular flexibility index (Phi) is 7.98. The molecule has 168 valence electrons. The molecular formula is C24H22N4O2S3. The Hall–Kier alpha value is -2.88. The highest BCUT2D eigenvalue weighted by Gasteiger charge is 2.14. The third kappa shape index (κ3) is 6.34. The van der Waals surface area contributed by atoms with E-state index < -0.39 is 0 Å².